The first-order valence-electron chi connectivity index (χ1n) is 5.29. The lowest BCUT2D eigenvalue weighted by Gasteiger charge is -2.32. The van der Waals surface area contributed by atoms with Crippen molar-refractivity contribution in [2.45, 2.75) is 39.2 Å². The number of hydrogen-bond acceptors (Lipinski definition) is 4. The summed E-state index contributed by atoms with van der Waals surface area (Å²) >= 11 is 1.45. The number of nitrogens with zero attached hydrogens (tertiary/aromatic N) is 2. The van der Waals surface area contributed by atoms with E-state index in [0.29, 0.717) is 6.04 Å². The van der Waals surface area contributed by atoms with Crippen LogP contribution in [0.4, 0.5) is 5.13 Å². The number of aromatic nitrogens is 2. The molecule has 1 fully saturated rings. The fraction of sp³-hybridized carbons (Fsp3) is 0.800. The van der Waals surface area contributed by atoms with Gasteiger partial charge in [0.05, 0.1) is 0 Å². The molecule has 3 atom stereocenters. The van der Waals surface area contributed by atoms with Crippen LogP contribution in [0.1, 0.15) is 33.1 Å². The zero-order chi connectivity index (χ0) is 9.97. The van der Waals surface area contributed by atoms with E-state index in [1.54, 1.807) is 6.33 Å². The second-order valence-electron chi connectivity index (χ2n) is 4.36. The molecule has 4 heteroatoms. The predicted octanol–water partition coefficient (Wildman–Crippen LogP) is 2.77. The molecule has 0 saturated heterocycles. The smallest absolute Gasteiger partial charge is 0.202 e. The molecule has 1 N–H and O–H groups in total. The molecule has 1 saturated carbocycles. The molecule has 0 radical (unpaired) electrons. The van der Waals surface area contributed by atoms with Gasteiger partial charge in [-0.2, -0.15) is 4.37 Å². The maximum absolute atomic E-state index is 4.15. The van der Waals surface area contributed by atoms with E-state index in [1.807, 2.05) is 0 Å². The molecule has 78 valence electrons. The predicted molar refractivity (Wildman–Crippen MR) is 59.5 cm³/mol. The monoisotopic (exact) mass is 211 g/mol. The number of nitrogens with one attached hydrogen (secondary N) is 1. The van der Waals surface area contributed by atoms with Crippen molar-refractivity contribution in [3.05, 3.63) is 6.33 Å². The molecule has 0 amide bonds. The summed E-state index contributed by atoms with van der Waals surface area (Å²) in [7, 11) is 0. The van der Waals surface area contributed by atoms with Crippen LogP contribution in [0.15, 0.2) is 6.33 Å². The third kappa shape index (κ3) is 2.23. The Morgan fingerprint density at radius 2 is 2.21 bits per heavy atom. The molecule has 2 rings (SSSR count). The quantitative estimate of drug-likeness (QED) is 0.817. The summed E-state index contributed by atoms with van der Waals surface area (Å²) in [4.78, 5) is 4.15. The van der Waals surface area contributed by atoms with Crippen molar-refractivity contribution in [1.29, 1.82) is 0 Å². The summed E-state index contributed by atoms with van der Waals surface area (Å²) in [5.41, 5.74) is 0. The van der Waals surface area contributed by atoms with Crippen molar-refractivity contribution in [1.82, 2.24) is 9.36 Å². The van der Waals surface area contributed by atoms with Crippen LogP contribution >= 0.6 is 11.5 Å². The van der Waals surface area contributed by atoms with Gasteiger partial charge in [-0.05, 0) is 31.1 Å². The average Bonchev–Trinajstić information content (AvgIpc) is 2.64. The SMILES string of the molecule is CC1CCC(Nc2ncns2)CC1C. The van der Waals surface area contributed by atoms with E-state index in [0.717, 1.165) is 17.0 Å². The highest BCUT2D eigenvalue weighted by Crippen LogP contribution is 2.30. The standard InChI is InChI=1S/C10H17N3S/c1-7-3-4-9(5-8(7)2)13-10-11-6-12-14-10/h6-9H,3-5H2,1-2H3,(H,11,12,13). The van der Waals surface area contributed by atoms with Crippen molar-refractivity contribution in [3.8, 4) is 0 Å². The molecule has 0 aromatic carbocycles. The van der Waals surface area contributed by atoms with E-state index < -0.39 is 0 Å². The van der Waals surface area contributed by atoms with Gasteiger partial charge >= 0.3 is 0 Å². The summed E-state index contributed by atoms with van der Waals surface area (Å²) < 4.78 is 3.99. The minimum atomic E-state index is 0.606. The fourth-order valence-corrected chi connectivity index (χ4v) is 2.60. The first-order chi connectivity index (χ1) is 6.75. The van der Waals surface area contributed by atoms with E-state index in [4.69, 9.17) is 0 Å². The molecule has 0 bridgehead atoms. The normalized spacial score (nSPS) is 32.9. The van der Waals surface area contributed by atoms with Gasteiger partial charge in [0.1, 0.15) is 6.33 Å². The van der Waals surface area contributed by atoms with Gasteiger partial charge in [-0.25, -0.2) is 4.98 Å². The first kappa shape index (κ1) is 9.90. The van der Waals surface area contributed by atoms with E-state index in [1.165, 1.54) is 30.8 Å². The Hall–Kier alpha value is -0.640. The number of hydrogen-bond donors (Lipinski definition) is 1. The molecule has 3 unspecified atom stereocenters. The third-order valence-corrected chi connectivity index (χ3v) is 3.88. The zero-order valence-corrected chi connectivity index (χ0v) is 9.55. The number of rotatable bonds is 2. The summed E-state index contributed by atoms with van der Waals surface area (Å²) in [6.07, 6.45) is 5.48. The minimum Gasteiger partial charge on any atom is -0.358 e. The van der Waals surface area contributed by atoms with Crippen LogP contribution in [0.25, 0.3) is 0 Å². The van der Waals surface area contributed by atoms with E-state index in [-0.39, 0.29) is 0 Å². The summed E-state index contributed by atoms with van der Waals surface area (Å²) in [5, 5.41) is 4.43. The van der Waals surface area contributed by atoms with E-state index >= 15 is 0 Å². The molecule has 1 heterocycles. The summed E-state index contributed by atoms with van der Waals surface area (Å²) in [6, 6.07) is 0.606. The summed E-state index contributed by atoms with van der Waals surface area (Å²) in [6.45, 7) is 4.70. The van der Waals surface area contributed by atoms with Crippen molar-refractivity contribution < 1.29 is 0 Å². The fourth-order valence-electron chi connectivity index (χ4n) is 2.09. The van der Waals surface area contributed by atoms with Gasteiger partial charge in [-0.1, -0.05) is 13.8 Å². The van der Waals surface area contributed by atoms with Crippen molar-refractivity contribution >= 4 is 16.7 Å². The second kappa shape index (κ2) is 4.26. The minimum absolute atomic E-state index is 0.606. The lowest BCUT2D eigenvalue weighted by molar-refractivity contribution is 0.261. The van der Waals surface area contributed by atoms with E-state index in [2.05, 4.69) is 28.5 Å². The Labute approximate surface area is 89.1 Å². The Balaban J connectivity index is 1.88. The topological polar surface area (TPSA) is 37.8 Å². The van der Waals surface area contributed by atoms with Gasteiger partial charge in [0.15, 0.2) is 0 Å². The van der Waals surface area contributed by atoms with Crippen LogP contribution in [0, 0.1) is 11.8 Å². The molecule has 0 spiro atoms. The Bertz CT molecular complexity index is 273. The number of anilines is 1. The lowest BCUT2D eigenvalue weighted by atomic mass is 9.79. The Morgan fingerprint density at radius 1 is 1.36 bits per heavy atom. The maximum atomic E-state index is 4.15. The third-order valence-electron chi connectivity index (χ3n) is 3.29. The van der Waals surface area contributed by atoms with Crippen LogP contribution in [-0.2, 0) is 0 Å². The van der Waals surface area contributed by atoms with Crippen LogP contribution in [0.5, 0.6) is 0 Å². The molecule has 14 heavy (non-hydrogen) atoms. The van der Waals surface area contributed by atoms with Gasteiger partial charge in [0.2, 0.25) is 5.13 Å². The van der Waals surface area contributed by atoms with Crippen molar-refractivity contribution in [2.75, 3.05) is 5.32 Å². The molecule has 3 nitrogen and oxygen atoms in total. The van der Waals surface area contributed by atoms with Gasteiger partial charge in [-0.15, -0.1) is 0 Å². The van der Waals surface area contributed by atoms with Crippen molar-refractivity contribution in [3.63, 3.8) is 0 Å². The molecular formula is C10H17N3S. The Kier molecular flexibility index (Phi) is 3.01. The van der Waals surface area contributed by atoms with Gasteiger partial charge < -0.3 is 5.32 Å². The van der Waals surface area contributed by atoms with Gasteiger partial charge in [0.25, 0.3) is 0 Å². The highest BCUT2D eigenvalue weighted by atomic mass is 32.1. The highest BCUT2D eigenvalue weighted by molar-refractivity contribution is 7.09. The van der Waals surface area contributed by atoms with Crippen LogP contribution in [0.2, 0.25) is 0 Å². The molecule has 1 aromatic heterocycles. The summed E-state index contributed by atoms with van der Waals surface area (Å²) in [5.74, 6) is 1.71. The van der Waals surface area contributed by atoms with E-state index in [9.17, 15) is 0 Å². The van der Waals surface area contributed by atoms with Gasteiger partial charge in [0, 0.05) is 17.6 Å². The van der Waals surface area contributed by atoms with Crippen LogP contribution in [0.3, 0.4) is 0 Å². The average molecular weight is 211 g/mol. The van der Waals surface area contributed by atoms with Crippen molar-refractivity contribution in [2.24, 2.45) is 11.8 Å². The Morgan fingerprint density at radius 3 is 2.86 bits per heavy atom. The van der Waals surface area contributed by atoms with Crippen LogP contribution < -0.4 is 5.32 Å². The largest absolute Gasteiger partial charge is 0.358 e. The first-order valence-corrected chi connectivity index (χ1v) is 6.06. The second-order valence-corrected chi connectivity index (χ2v) is 5.14. The highest BCUT2D eigenvalue weighted by Gasteiger charge is 2.24. The molecular weight excluding hydrogens is 194 g/mol. The molecule has 1 aliphatic carbocycles. The molecule has 1 aliphatic rings. The molecule has 0 aliphatic heterocycles. The van der Waals surface area contributed by atoms with Gasteiger partial charge in [-0.3, -0.25) is 0 Å². The maximum Gasteiger partial charge on any atom is 0.202 e. The lowest BCUT2D eigenvalue weighted by Crippen LogP contribution is -2.30. The zero-order valence-electron chi connectivity index (χ0n) is 8.73. The molecule has 1 aromatic rings. The van der Waals surface area contributed by atoms with Crippen LogP contribution in [-0.4, -0.2) is 15.4 Å².